The maximum Gasteiger partial charge on any atom is 0.171 e. The Balaban J connectivity index is 1.09. The van der Waals surface area contributed by atoms with E-state index in [1.807, 2.05) is 133 Å². The number of nitrogens with zero attached hydrogens (tertiary/aromatic N) is 1. The summed E-state index contributed by atoms with van der Waals surface area (Å²) in [6.07, 6.45) is 0. The average Bonchev–Trinajstić information content (AvgIpc) is 3.59. The van der Waals surface area contributed by atoms with E-state index in [0.29, 0.717) is 0 Å². The molecule has 0 saturated carbocycles. The monoisotopic (exact) mass is 817 g/mol. The van der Waals surface area contributed by atoms with Crippen LogP contribution in [0.25, 0.3) is 21.8 Å². The molecule has 0 unspecified atom stereocenters. The van der Waals surface area contributed by atoms with E-state index in [9.17, 15) is 0 Å². The van der Waals surface area contributed by atoms with E-state index in [1.165, 1.54) is 21.9 Å². The average molecular weight is 818 g/mol. The van der Waals surface area contributed by atoms with Crippen LogP contribution >= 0.6 is 14.3 Å². The Morgan fingerprint density at radius 2 is 0.617 bits per heavy atom. The molecule has 0 aliphatic carbocycles. The Hall–Kier alpha value is -5.98. The second-order valence-electron chi connectivity index (χ2n) is 16.9. The molecular weight excluding hydrogens is 769 g/mol. The topological polar surface area (TPSA) is 39.1 Å². The third-order valence-electron chi connectivity index (χ3n) is 12.8. The van der Waals surface area contributed by atoms with Crippen LogP contribution in [0.3, 0.4) is 0 Å². The van der Waals surface area contributed by atoms with Crippen molar-refractivity contribution in [1.29, 1.82) is 0 Å². The molecule has 9 rings (SSSR count). The summed E-state index contributed by atoms with van der Waals surface area (Å²) in [7, 11) is -4.10. The van der Waals surface area contributed by atoms with Gasteiger partial charge in [-0.1, -0.05) is 210 Å². The number of fused-ring (bicyclic) bond motifs is 3. The molecule has 8 aromatic carbocycles. The molecule has 9 aromatic rings. The second-order valence-corrected chi connectivity index (χ2v) is 22.5. The van der Waals surface area contributed by atoms with Crippen LogP contribution in [-0.4, -0.2) is 4.57 Å². The van der Waals surface area contributed by atoms with Crippen molar-refractivity contribution in [2.75, 3.05) is 0 Å². The van der Waals surface area contributed by atoms with Gasteiger partial charge in [-0.05, 0) is 46.5 Å². The van der Waals surface area contributed by atoms with E-state index in [2.05, 4.69) is 112 Å². The van der Waals surface area contributed by atoms with Gasteiger partial charge < -0.3 is 13.7 Å². The van der Waals surface area contributed by atoms with Crippen molar-refractivity contribution in [2.45, 2.75) is 38.5 Å². The zero-order valence-electron chi connectivity index (χ0n) is 34.8. The van der Waals surface area contributed by atoms with Gasteiger partial charge in [0.15, 0.2) is 14.3 Å². The minimum absolute atomic E-state index is 0.379. The van der Waals surface area contributed by atoms with Gasteiger partial charge in [0.25, 0.3) is 0 Å². The van der Waals surface area contributed by atoms with Crippen LogP contribution in [0.4, 0.5) is 0 Å². The summed E-state index contributed by atoms with van der Waals surface area (Å²) in [4.78, 5) is 0. The highest BCUT2D eigenvalue weighted by Gasteiger charge is 2.34. The summed E-state index contributed by atoms with van der Waals surface area (Å²) < 4.78 is 32.9. The Morgan fingerprint density at radius 3 is 0.933 bits per heavy atom. The predicted octanol–water partition coefficient (Wildman–Crippen LogP) is 11.3. The van der Waals surface area contributed by atoms with Gasteiger partial charge in [-0.25, -0.2) is 0 Å². The van der Waals surface area contributed by atoms with Crippen molar-refractivity contribution in [1.82, 2.24) is 4.57 Å². The summed E-state index contributed by atoms with van der Waals surface area (Å²) >= 11 is 0. The maximum absolute atomic E-state index is 15.3. The lowest BCUT2D eigenvalue weighted by atomic mass is 9.77. The molecule has 1 aromatic heterocycles. The third kappa shape index (κ3) is 6.53. The van der Waals surface area contributed by atoms with Crippen LogP contribution in [0, 0.1) is 0 Å². The smallest absolute Gasteiger partial charge is 0.171 e. The van der Waals surface area contributed by atoms with Gasteiger partial charge in [0.05, 0.1) is 0 Å². The predicted molar refractivity (Wildman–Crippen MR) is 256 cm³/mol. The lowest BCUT2D eigenvalue weighted by Gasteiger charge is -2.28. The molecule has 0 fully saturated rings. The van der Waals surface area contributed by atoms with E-state index in [4.69, 9.17) is 0 Å². The van der Waals surface area contributed by atoms with Crippen LogP contribution in [0.15, 0.2) is 206 Å². The molecule has 0 saturated heterocycles. The zero-order valence-corrected chi connectivity index (χ0v) is 36.6. The van der Waals surface area contributed by atoms with E-state index in [-0.39, 0.29) is 10.8 Å². The Kier molecular flexibility index (Phi) is 10.0. The van der Waals surface area contributed by atoms with Crippen LogP contribution in [-0.2, 0) is 27.0 Å². The fourth-order valence-corrected chi connectivity index (χ4v) is 14.3. The quantitative estimate of drug-likeness (QED) is 0.129. The Labute approximate surface area is 354 Å². The van der Waals surface area contributed by atoms with Crippen molar-refractivity contribution in [3.63, 3.8) is 0 Å². The first-order valence-corrected chi connectivity index (χ1v) is 24.0. The number of rotatable bonds is 10. The first-order chi connectivity index (χ1) is 28.9. The van der Waals surface area contributed by atoms with Crippen LogP contribution < -0.4 is 31.8 Å². The minimum Gasteiger partial charge on any atom is -0.344 e. The summed E-state index contributed by atoms with van der Waals surface area (Å²) in [5.74, 6) is 0. The molecule has 1 heterocycles. The van der Waals surface area contributed by atoms with Crippen molar-refractivity contribution in [3.05, 3.63) is 229 Å². The molecule has 0 aliphatic rings. The number of hydrogen-bond donors (Lipinski definition) is 0. The zero-order chi connectivity index (χ0) is 41.7. The molecular formula is C55H49NO2P2. The highest BCUT2D eigenvalue weighted by atomic mass is 31.2. The van der Waals surface area contributed by atoms with Gasteiger partial charge in [0, 0.05) is 71.5 Å². The summed E-state index contributed by atoms with van der Waals surface area (Å²) in [5.41, 5.74) is 6.16. The summed E-state index contributed by atoms with van der Waals surface area (Å²) in [5, 5.41) is 7.40. The van der Waals surface area contributed by atoms with Crippen molar-refractivity contribution >= 4 is 67.9 Å². The molecule has 296 valence electrons. The van der Waals surface area contributed by atoms with Crippen molar-refractivity contribution in [3.8, 4) is 0 Å². The van der Waals surface area contributed by atoms with Gasteiger partial charge in [-0.3, -0.25) is 0 Å². The first-order valence-electron chi connectivity index (χ1n) is 20.6. The first kappa shape index (κ1) is 39.5. The van der Waals surface area contributed by atoms with E-state index >= 15 is 9.13 Å². The van der Waals surface area contributed by atoms with Crippen molar-refractivity contribution in [2.24, 2.45) is 7.05 Å². The van der Waals surface area contributed by atoms with Crippen LogP contribution in [0.1, 0.15) is 49.9 Å². The Morgan fingerprint density at radius 1 is 0.333 bits per heavy atom. The third-order valence-corrected chi connectivity index (χ3v) is 18.9. The largest absolute Gasteiger partial charge is 0.344 e. The minimum atomic E-state index is -3.13. The molecule has 5 heteroatoms. The maximum atomic E-state index is 15.3. The van der Waals surface area contributed by atoms with Gasteiger partial charge in [0.1, 0.15) is 0 Å². The normalized spacial score (nSPS) is 12.6. The van der Waals surface area contributed by atoms with E-state index < -0.39 is 14.3 Å². The van der Waals surface area contributed by atoms with Gasteiger partial charge in [0.2, 0.25) is 0 Å². The number of aromatic nitrogens is 1. The molecule has 0 aliphatic heterocycles. The Bertz CT molecular complexity index is 2800. The number of hydrogen-bond acceptors (Lipinski definition) is 2. The van der Waals surface area contributed by atoms with Crippen LogP contribution in [0.2, 0.25) is 0 Å². The van der Waals surface area contributed by atoms with Gasteiger partial charge in [-0.2, -0.15) is 0 Å². The number of aryl methyl sites for hydroxylation is 1. The molecule has 3 nitrogen and oxygen atoms in total. The van der Waals surface area contributed by atoms with Crippen molar-refractivity contribution < 1.29 is 9.13 Å². The lowest BCUT2D eigenvalue weighted by molar-refractivity contribution is 0.591. The highest BCUT2D eigenvalue weighted by Crippen LogP contribution is 2.46. The SMILES string of the molecule is Cn1c2cc(C(C)(C)c3cccc(P(=O)(c4ccccc4)c4ccccc4)c3)ccc2c2ccc(C(C)(C)c3cccc(P(=O)(c4ccccc4)c4ccccc4)c3)cc21. The van der Waals surface area contributed by atoms with E-state index in [0.717, 1.165) is 54.0 Å². The fourth-order valence-electron chi connectivity index (χ4n) is 8.94. The van der Waals surface area contributed by atoms with Gasteiger partial charge >= 0.3 is 0 Å². The fraction of sp³-hybridized carbons (Fsp3) is 0.127. The highest BCUT2D eigenvalue weighted by molar-refractivity contribution is 7.85. The summed E-state index contributed by atoms with van der Waals surface area (Å²) in [6.45, 7) is 9.04. The van der Waals surface area contributed by atoms with Crippen LogP contribution in [0.5, 0.6) is 0 Å². The molecule has 60 heavy (non-hydrogen) atoms. The molecule has 0 bridgehead atoms. The molecule has 0 radical (unpaired) electrons. The molecule has 0 spiro atoms. The second kappa shape index (κ2) is 15.2. The molecule has 0 N–H and O–H groups in total. The standard InChI is InChI=1S/C55H49NO2P2/c1-54(2,40-20-18-30-48(36-40)59(57,44-22-10-6-11-23-44)45-24-12-7-13-25-45)42-32-34-50-51-35-33-43(39-53(51)56(5)52(50)38-42)55(3,4)41-21-19-31-49(37-41)60(58,46-26-14-8-15-27-46)47-28-16-9-17-29-47/h6-39H,1-5H3. The lowest BCUT2D eigenvalue weighted by Crippen LogP contribution is -2.27. The summed E-state index contributed by atoms with van der Waals surface area (Å²) in [6, 6.07) is 70.0. The molecule has 0 atom stereocenters. The van der Waals surface area contributed by atoms with Gasteiger partial charge in [-0.15, -0.1) is 0 Å². The molecule has 0 amide bonds. The van der Waals surface area contributed by atoms with E-state index in [1.54, 1.807) is 0 Å². The number of benzene rings is 8.